The van der Waals surface area contributed by atoms with Crippen molar-refractivity contribution >= 4 is 41.5 Å². The van der Waals surface area contributed by atoms with Gasteiger partial charge in [0.25, 0.3) is 0 Å². The van der Waals surface area contributed by atoms with E-state index in [1.165, 1.54) is 6.92 Å². The molecule has 0 saturated heterocycles. The van der Waals surface area contributed by atoms with Crippen LogP contribution in [0.3, 0.4) is 0 Å². The Morgan fingerprint density at radius 1 is 0.868 bits per heavy atom. The number of guanidine groups is 1. The molecule has 0 aromatic carbocycles. The minimum absolute atomic E-state index is 0.00526. The number of carboxylic acids is 1. The van der Waals surface area contributed by atoms with Crippen LogP contribution in [0.2, 0.25) is 0 Å². The zero-order valence-corrected chi connectivity index (χ0v) is 22.0. The molecule has 0 aromatic heterocycles. The van der Waals surface area contributed by atoms with Crippen LogP contribution in [0.1, 0.15) is 52.9 Å². The molecule has 13 N–H and O–H groups in total. The first-order valence-electron chi connectivity index (χ1n) is 12.2. The highest BCUT2D eigenvalue weighted by Crippen LogP contribution is 2.06. The Morgan fingerprint density at radius 2 is 1.50 bits per heavy atom. The molecule has 16 heteroatoms. The molecule has 5 atom stereocenters. The molecule has 5 amide bonds. The summed E-state index contributed by atoms with van der Waals surface area (Å²) in [6.07, 6.45) is 0.434. The zero-order chi connectivity index (χ0) is 29.4. The monoisotopic (exact) mass is 543 g/mol. The van der Waals surface area contributed by atoms with Crippen molar-refractivity contribution in [1.29, 1.82) is 0 Å². The van der Waals surface area contributed by atoms with Crippen LogP contribution in [0.4, 0.5) is 0 Å². The van der Waals surface area contributed by atoms with Crippen molar-refractivity contribution in [3.05, 3.63) is 0 Å². The van der Waals surface area contributed by atoms with Crippen molar-refractivity contribution in [2.45, 2.75) is 77.0 Å². The number of carbonyl (C=O) groups excluding carboxylic acids is 5. The number of hydrogen-bond acceptors (Lipinski definition) is 8. The third-order valence-corrected chi connectivity index (χ3v) is 5.63. The molecule has 0 saturated carbocycles. The van der Waals surface area contributed by atoms with Crippen LogP contribution in [0.5, 0.6) is 0 Å². The first-order valence-corrected chi connectivity index (χ1v) is 12.2. The van der Waals surface area contributed by atoms with Crippen LogP contribution in [0.25, 0.3) is 0 Å². The van der Waals surface area contributed by atoms with E-state index in [4.69, 9.17) is 22.9 Å². The topological polar surface area (TPSA) is 287 Å². The summed E-state index contributed by atoms with van der Waals surface area (Å²) in [5, 5.41) is 18.8. The molecular weight excluding hydrogens is 502 g/mol. The first kappa shape index (κ1) is 34.0. The van der Waals surface area contributed by atoms with Gasteiger partial charge in [0, 0.05) is 13.0 Å². The van der Waals surface area contributed by atoms with Crippen LogP contribution in [-0.2, 0) is 28.8 Å². The summed E-state index contributed by atoms with van der Waals surface area (Å²) >= 11 is 0. The van der Waals surface area contributed by atoms with Gasteiger partial charge in [-0.1, -0.05) is 20.3 Å². The van der Waals surface area contributed by atoms with E-state index in [0.717, 1.165) is 0 Å². The van der Waals surface area contributed by atoms with Crippen LogP contribution in [0, 0.1) is 5.92 Å². The number of nitrogens with zero attached hydrogens (tertiary/aromatic N) is 1. The molecule has 216 valence electrons. The number of aliphatic imine (C=N–C) groups is 1. The number of hydrogen-bond donors (Lipinski definition) is 9. The maximum Gasteiger partial charge on any atom is 0.326 e. The van der Waals surface area contributed by atoms with Gasteiger partial charge in [0.1, 0.15) is 18.1 Å². The van der Waals surface area contributed by atoms with Gasteiger partial charge in [-0.15, -0.1) is 0 Å². The maximum atomic E-state index is 12.7. The van der Waals surface area contributed by atoms with Crippen molar-refractivity contribution in [1.82, 2.24) is 21.3 Å². The highest BCUT2D eigenvalue weighted by Gasteiger charge is 2.27. The average Bonchev–Trinajstić information content (AvgIpc) is 2.84. The lowest BCUT2D eigenvalue weighted by Gasteiger charge is -2.22. The summed E-state index contributed by atoms with van der Waals surface area (Å²) in [4.78, 5) is 76.0. The molecule has 0 heterocycles. The van der Waals surface area contributed by atoms with Gasteiger partial charge >= 0.3 is 5.97 Å². The fourth-order valence-corrected chi connectivity index (χ4v) is 3.04. The molecule has 0 rings (SSSR count). The molecular formula is C22H41N9O7. The maximum absolute atomic E-state index is 12.7. The lowest BCUT2D eigenvalue weighted by Crippen LogP contribution is -2.55. The second kappa shape index (κ2) is 17.5. The number of primary amides is 1. The van der Waals surface area contributed by atoms with Gasteiger partial charge in [0.15, 0.2) is 5.96 Å². The van der Waals surface area contributed by atoms with E-state index in [1.807, 2.05) is 6.92 Å². The predicted molar refractivity (Wildman–Crippen MR) is 138 cm³/mol. The molecule has 0 aliphatic heterocycles. The van der Waals surface area contributed by atoms with Gasteiger partial charge in [-0.2, -0.15) is 0 Å². The Morgan fingerprint density at radius 3 is 2.03 bits per heavy atom. The summed E-state index contributed by atoms with van der Waals surface area (Å²) < 4.78 is 0. The second-order valence-electron chi connectivity index (χ2n) is 8.83. The Labute approximate surface area is 221 Å². The Hall–Kier alpha value is -3.95. The molecule has 0 fully saturated rings. The molecule has 0 aliphatic rings. The predicted octanol–water partition coefficient (Wildman–Crippen LogP) is -3.65. The van der Waals surface area contributed by atoms with E-state index in [2.05, 4.69) is 26.3 Å². The number of nitrogens with one attached hydrogen (secondary N) is 4. The minimum atomic E-state index is -1.32. The number of carbonyl (C=O) groups is 6. The number of nitrogens with two attached hydrogens (primary N) is 4. The van der Waals surface area contributed by atoms with Gasteiger partial charge in [-0.05, 0) is 32.1 Å². The standard InChI is InChI=1S/C22H41N9O7/c1-4-11(2)17(24)20(36)29-12(3)18(34)28-10-16(33)30-13(7-8-15(23)32)19(35)31-14(21(37)38)6-5-9-27-22(25)26/h11-14,17H,4-10,24H2,1-3H3,(H2,23,32)(H,28,34)(H,29,36)(H,30,33)(H,31,35)(H,37,38)(H4,25,26,27)/t11-,12-,13-,14-,17-/m0/s1. The molecule has 0 aliphatic carbocycles. The van der Waals surface area contributed by atoms with Crippen molar-refractivity contribution in [3.8, 4) is 0 Å². The zero-order valence-electron chi connectivity index (χ0n) is 22.0. The van der Waals surface area contributed by atoms with Crippen LogP contribution < -0.4 is 44.2 Å². The highest BCUT2D eigenvalue weighted by atomic mass is 16.4. The summed E-state index contributed by atoms with van der Waals surface area (Å²) in [5.74, 6) is -5.16. The van der Waals surface area contributed by atoms with Crippen LogP contribution in [0.15, 0.2) is 4.99 Å². The molecule has 38 heavy (non-hydrogen) atoms. The summed E-state index contributed by atoms with van der Waals surface area (Å²) in [7, 11) is 0. The minimum Gasteiger partial charge on any atom is -0.480 e. The number of aliphatic carboxylic acids is 1. The largest absolute Gasteiger partial charge is 0.480 e. The van der Waals surface area contributed by atoms with Crippen molar-refractivity contribution in [3.63, 3.8) is 0 Å². The summed E-state index contributed by atoms with van der Waals surface area (Å²) in [5.41, 5.74) is 21.4. The van der Waals surface area contributed by atoms with Gasteiger partial charge in [-0.25, -0.2) is 4.79 Å². The fourth-order valence-electron chi connectivity index (χ4n) is 3.04. The second-order valence-corrected chi connectivity index (χ2v) is 8.83. The SMILES string of the molecule is CC[C@H](C)[C@H](N)C(=O)N[C@@H](C)C(=O)NCC(=O)N[C@@H](CCC(N)=O)C(=O)N[C@@H](CCCN=C(N)N)C(=O)O. The number of rotatable bonds is 18. The van der Waals surface area contributed by atoms with Crippen molar-refractivity contribution in [2.75, 3.05) is 13.1 Å². The van der Waals surface area contributed by atoms with Gasteiger partial charge in [0.05, 0.1) is 12.6 Å². The van der Waals surface area contributed by atoms with E-state index < -0.39 is 66.2 Å². The molecule has 0 radical (unpaired) electrons. The van der Waals surface area contributed by atoms with Crippen molar-refractivity contribution in [2.24, 2.45) is 33.8 Å². The lowest BCUT2D eigenvalue weighted by atomic mass is 9.99. The van der Waals surface area contributed by atoms with E-state index >= 15 is 0 Å². The normalized spacial score (nSPS) is 14.5. The third kappa shape index (κ3) is 14.0. The lowest BCUT2D eigenvalue weighted by molar-refractivity contribution is -0.142. The van der Waals surface area contributed by atoms with E-state index in [-0.39, 0.29) is 44.1 Å². The molecule has 0 unspecified atom stereocenters. The quantitative estimate of drug-likeness (QED) is 0.0464. The Balaban J connectivity index is 5.05. The smallest absolute Gasteiger partial charge is 0.326 e. The van der Waals surface area contributed by atoms with E-state index in [9.17, 15) is 33.9 Å². The molecule has 0 spiro atoms. The van der Waals surface area contributed by atoms with Crippen LogP contribution in [-0.4, -0.2) is 83.8 Å². The third-order valence-electron chi connectivity index (χ3n) is 5.63. The molecule has 0 bridgehead atoms. The van der Waals surface area contributed by atoms with Crippen molar-refractivity contribution < 1.29 is 33.9 Å². The van der Waals surface area contributed by atoms with E-state index in [0.29, 0.717) is 6.42 Å². The molecule has 0 aromatic rings. The summed E-state index contributed by atoms with van der Waals surface area (Å²) in [6, 6.07) is -4.41. The number of amides is 5. The Bertz CT molecular complexity index is 877. The average molecular weight is 544 g/mol. The number of carboxylic acid groups (broad SMARTS) is 1. The fraction of sp³-hybridized carbons (Fsp3) is 0.682. The van der Waals surface area contributed by atoms with Gasteiger partial charge in [0.2, 0.25) is 29.5 Å². The highest BCUT2D eigenvalue weighted by molar-refractivity contribution is 5.94. The molecule has 16 nitrogen and oxygen atoms in total. The van der Waals surface area contributed by atoms with Gasteiger partial charge in [-0.3, -0.25) is 29.0 Å². The summed E-state index contributed by atoms with van der Waals surface area (Å²) in [6.45, 7) is 4.68. The first-order chi connectivity index (χ1) is 17.7. The van der Waals surface area contributed by atoms with Crippen LogP contribution >= 0.6 is 0 Å². The van der Waals surface area contributed by atoms with Gasteiger partial charge < -0.3 is 49.3 Å². The Kier molecular flexibility index (Phi) is 15.7. The van der Waals surface area contributed by atoms with E-state index in [1.54, 1.807) is 6.92 Å².